The van der Waals surface area contributed by atoms with Gasteiger partial charge in [0, 0.05) is 0 Å². The van der Waals surface area contributed by atoms with Gasteiger partial charge in [0.25, 0.3) is 5.56 Å². The monoisotopic (exact) mass is 354 g/mol. The van der Waals surface area contributed by atoms with E-state index in [1.807, 2.05) is 5.18 Å². The van der Waals surface area contributed by atoms with Gasteiger partial charge in [-0.15, -0.1) is 4.91 Å². The first kappa shape index (κ1) is 17.4. The minimum atomic E-state index is -5.41. The lowest BCUT2D eigenvalue weighted by atomic mass is 10.0. The molecule has 0 fully saturated rings. The standard InChI is InChI=1S/C12H4F6N2O4/c13-11(14,15)3-1-4(12(16,17)18)6-5(2-3)19-10(23)7(20-24)9(22)8(6)21/h1-2H,(H,19,23)(H,21,22). The summed E-state index contributed by atoms with van der Waals surface area (Å²) in [5, 5.41) is 10.0. The number of nitrogens with one attached hydrogen (secondary N) is 1. The number of aromatic hydroxyl groups is 1. The Morgan fingerprint density at radius 2 is 1.58 bits per heavy atom. The van der Waals surface area contributed by atoms with Gasteiger partial charge in [0.15, 0.2) is 5.75 Å². The van der Waals surface area contributed by atoms with E-state index in [0.717, 1.165) is 0 Å². The zero-order valence-electron chi connectivity index (χ0n) is 11.0. The molecule has 2 rings (SSSR count). The molecule has 0 aliphatic heterocycles. The molecule has 2 N–H and O–H groups in total. The predicted molar refractivity (Wildman–Crippen MR) is 68.0 cm³/mol. The van der Waals surface area contributed by atoms with Crippen LogP contribution in [0.4, 0.5) is 32.0 Å². The van der Waals surface area contributed by atoms with E-state index in [9.17, 15) is 45.9 Å². The molecule has 0 aliphatic rings. The summed E-state index contributed by atoms with van der Waals surface area (Å²) < 4.78 is 77.4. The summed E-state index contributed by atoms with van der Waals surface area (Å²) in [4.78, 5) is 35.4. The van der Waals surface area contributed by atoms with Crippen LogP contribution in [0.3, 0.4) is 0 Å². The van der Waals surface area contributed by atoms with E-state index in [2.05, 4.69) is 0 Å². The van der Waals surface area contributed by atoms with Gasteiger partial charge in [0.1, 0.15) is 0 Å². The Labute approximate surface area is 126 Å². The maximum atomic E-state index is 13.0. The third-order valence-corrected chi connectivity index (χ3v) is 2.99. The number of H-pyrrole nitrogens is 1. The number of nitrogens with zero attached hydrogens (tertiary/aromatic N) is 1. The van der Waals surface area contributed by atoms with Gasteiger partial charge < -0.3 is 10.1 Å². The topological polar surface area (TPSA) is 99.6 Å². The van der Waals surface area contributed by atoms with Crippen LogP contribution < -0.4 is 11.0 Å². The molecule has 12 heteroatoms. The van der Waals surface area contributed by atoms with Gasteiger partial charge in [-0.3, -0.25) is 9.59 Å². The van der Waals surface area contributed by atoms with Crippen LogP contribution in [-0.4, -0.2) is 10.1 Å². The van der Waals surface area contributed by atoms with Crippen LogP contribution in [0, 0.1) is 4.91 Å². The Kier molecular flexibility index (Phi) is 3.86. The molecular weight excluding hydrogens is 350 g/mol. The minimum absolute atomic E-state index is 0.0847. The van der Waals surface area contributed by atoms with Crippen molar-refractivity contribution in [2.75, 3.05) is 0 Å². The maximum absolute atomic E-state index is 13.0. The maximum Gasteiger partial charge on any atom is 0.417 e. The van der Waals surface area contributed by atoms with E-state index in [-0.39, 0.29) is 12.1 Å². The van der Waals surface area contributed by atoms with Crippen molar-refractivity contribution in [3.05, 3.63) is 48.7 Å². The van der Waals surface area contributed by atoms with Crippen LogP contribution in [0.1, 0.15) is 11.1 Å². The van der Waals surface area contributed by atoms with Gasteiger partial charge in [0.2, 0.25) is 11.1 Å². The lowest BCUT2D eigenvalue weighted by molar-refractivity contribution is -0.142. The quantitative estimate of drug-likeness (QED) is 0.607. The molecule has 0 atom stereocenters. The molecule has 0 unspecified atom stereocenters. The highest BCUT2D eigenvalue weighted by molar-refractivity contribution is 5.85. The van der Waals surface area contributed by atoms with Gasteiger partial charge in [-0.2, -0.15) is 26.3 Å². The second kappa shape index (κ2) is 5.32. The van der Waals surface area contributed by atoms with E-state index >= 15 is 0 Å². The van der Waals surface area contributed by atoms with E-state index in [1.165, 1.54) is 4.98 Å². The number of aromatic amines is 1. The van der Waals surface area contributed by atoms with Crippen LogP contribution in [0.5, 0.6) is 5.75 Å². The van der Waals surface area contributed by atoms with Crippen LogP contribution in [0.15, 0.2) is 26.9 Å². The molecule has 128 valence electrons. The molecule has 1 aromatic carbocycles. The summed E-state index contributed by atoms with van der Waals surface area (Å²) in [6.07, 6.45) is -10.6. The van der Waals surface area contributed by atoms with E-state index in [0.29, 0.717) is 0 Å². The van der Waals surface area contributed by atoms with Gasteiger partial charge >= 0.3 is 12.4 Å². The second-order valence-electron chi connectivity index (χ2n) is 4.51. The largest absolute Gasteiger partial charge is 0.502 e. The first-order chi connectivity index (χ1) is 10.9. The van der Waals surface area contributed by atoms with Gasteiger partial charge in [-0.1, -0.05) is 0 Å². The number of benzene rings is 1. The molecule has 2 aromatic rings. The number of aromatic nitrogens is 1. The number of nitroso groups, excluding NO2 is 1. The molecule has 0 saturated carbocycles. The van der Waals surface area contributed by atoms with Gasteiger partial charge in [0.05, 0.1) is 22.0 Å². The van der Waals surface area contributed by atoms with Crippen LogP contribution in [-0.2, 0) is 12.4 Å². The number of halogens is 6. The molecular formula is C12H4F6N2O4. The summed E-state index contributed by atoms with van der Waals surface area (Å²) in [7, 11) is 0. The van der Waals surface area contributed by atoms with Crippen molar-refractivity contribution in [3.63, 3.8) is 0 Å². The third kappa shape index (κ3) is 2.81. The zero-order valence-corrected chi connectivity index (χ0v) is 11.0. The fourth-order valence-corrected chi connectivity index (χ4v) is 1.97. The third-order valence-electron chi connectivity index (χ3n) is 2.99. The highest BCUT2D eigenvalue weighted by Crippen LogP contribution is 2.38. The molecule has 1 aromatic heterocycles. The van der Waals surface area contributed by atoms with Crippen LogP contribution in [0.25, 0.3) is 10.9 Å². The SMILES string of the molecule is O=Nc1c(O)c(=O)c2c(C(F)(F)F)cc(C(F)(F)F)cc2[nH]c1=O. The van der Waals surface area contributed by atoms with Crippen molar-refractivity contribution < 1.29 is 31.4 Å². The zero-order chi connectivity index (χ0) is 18.4. The average Bonchev–Trinajstić information content (AvgIpc) is 2.52. The number of fused-ring (bicyclic) bond motifs is 1. The Morgan fingerprint density at radius 1 is 1.00 bits per heavy atom. The molecule has 0 bridgehead atoms. The predicted octanol–water partition coefficient (Wildman–Crippen LogP) is 3.03. The average molecular weight is 354 g/mol. The van der Waals surface area contributed by atoms with Crippen LogP contribution >= 0.6 is 0 Å². The van der Waals surface area contributed by atoms with Crippen molar-refractivity contribution in [2.24, 2.45) is 5.18 Å². The fourth-order valence-electron chi connectivity index (χ4n) is 1.97. The normalized spacial score (nSPS) is 12.4. The lowest BCUT2D eigenvalue weighted by Crippen LogP contribution is -2.15. The first-order valence-electron chi connectivity index (χ1n) is 5.83. The molecule has 0 amide bonds. The van der Waals surface area contributed by atoms with Crippen molar-refractivity contribution in [1.82, 2.24) is 4.98 Å². The molecule has 0 radical (unpaired) electrons. The number of rotatable bonds is 1. The second-order valence-corrected chi connectivity index (χ2v) is 4.51. The number of hydrogen-bond donors (Lipinski definition) is 2. The Bertz CT molecular complexity index is 961. The Hall–Kier alpha value is -2.92. The number of alkyl halides is 6. The summed E-state index contributed by atoms with van der Waals surface area (Å²) in [6, 6.07) is -0.253. The van der Waals surface area contributed by atoms with E-state index in [1.54, 1.807) is 0 Å². The molecule has 0 spiro atoms. The Morgan fingerprint density at radius 3 is 2.04 bits per heavy atom. The molecule has 1 heterocycles. The molecule has 0 saturated heterocycles. The van der Waals surface area contributed by atoms with Crippen molar-refractivity contribution in [1.29, 1.82) is 0 Å². The van der Waals surface area contributed by atoms with Crippen molar-refractivity contribution >= 4 is 16.6 Å². The smallest absolute Gasteiger partial charge is 0.417 e. The molecule has 24 heavy (non-hydrogen) atoms. The highest BCUT2D eigenvalue weighted by Gasteiger charge is 2.39. The first-order valence-corrected chi connectivity index (χ1v) is 5.83. The lowest BCUT2D eigenvalue weighted by Gasteiger charge is -2.13. The molecule has 6 nitrogen and oxygen atoms in total. The number of hydrogen-bond acceptors (Lipinski definition) is 5. The molecule has 0 aliphatic carbocycles. The highest BCUT2D eigenvalue weighted by atomic mass is 19.4. The summed E-state index contributed by atoms with van der Waals surface area (Å²) in [5.41, 5.74) is -9.91. The summed E-state index contributed by atoms with van der Waals surface area (Å²) in [5.74, 6) is -1.70. The van der Waals surface area contributed by atoms with Crippen molar-refractivity contribution in [3.8, 4) is 5.75 Å². The summed E-state index contributed by atoms with van der Waals surface area (Å²) >= 11 is 0. The minimum Gasteiger partial charge on any atom is -0.502 e. The van der Waals surface area contributed by atoms with Gasteiger partial charge in [-0.25, -0.2) is 0 Å². The Balaban J connectivity index is 3.22. The summed E-state index contributed by atoms with van der Waals surface area (Å²) in [6.45, 7) is 0. The van der Waals surface area contributed by atoms with Crippen LogP contribution in [0.2, 0.25) is 0 Å². The fraction of sp³-hybridized carbons (Fsp3) is 0.167. The van der Waals surface area contributed by atoms with Gasteiger partial charge in [-0.05, 0) is 17.3 Å². The van der Waals surface area contributed by atoms with E-state index < -0.39 is 56.8 Å². The van der Waals surface area contributed by atoms with E-state index in [4.69, 9.17) is 0 Å². The van der Waals surface area contributed by atoms with Crippen molar-refractivity contribution in [2.45, 2.75) is 12.4 Å².